The Kier molecular flexibility index (Phi) is 5.78. The van der Waals surface area contributed by atoms with Crippen molar-refractivity contribution < 1.29 is 17.9 Å². The third kappa shape index (κ3) is 4.74. The van der Waals surface area contributed by atoms with Crippen molar-refractivity contribution in [3.63, 3.8) is 0 Å². The minimum Gasteiger partial charge on any atom is -0.456 e. The molecule has 2 aromatic heterocycles. The summed E-state index contributed by atoms with van der Waals surface area (Å²) in [5, 5.41) is -0.156. The molecule has 162 valence electrons. The average molecular weight is 482 g/mol. The van der Waals surface area contributed by atoms with E-state index in [1.807, 2.05) is 6.92 Å². The third-order valence-corrected chi connectivity index (χ3v) is 6.95. The highest BCUT2D eigenvalue weighted by Gasteiger charge is 2.30. The van der Waals surface area contributed by atoms with Crippen LogP contribution in [0.15, 0.2) is 46.2 Å². The van der Waals surface area contributed by atoms with Crippen LogP contribution in [0.25, 0.3) is 5.65 Å². The lowest BCUT2D eigenvalue weighted by Crippen LogP contribution is -2.26. The van der Waals surface area contributed by atoms with Gasteiger partial charge in [-0.25, -0.2) is 22.9 Å². The Balaban J connectivity index is 1.58. The number of esters is 1. The fraction of sp³-hybridized carbons (Fsp3) is 0.250. The maximum Gasteiger partial charge on any atom is 0.340 e. The van der Waals surface area contributed by atoms with Gasteiger partial charge in [0.05, 0.1) is 21.3 Å². The largest absolute Gasteiger partial charge is 0.456 e. The highest BCUT2D eigenvalue weighted by molar-refractivity contribution is 7.89. The van der Waals surface area contributed by atoms with E-state index >= 15 is 0 Å². The van der Waals surface area contributed by atoms with Crippen molar-refractivity contribution in [1.29, 1.82) is 0 Å². The molecule has 8 nitrogen and oxygen atoms in total. The molecule has 3 aromatic rings. The summed E-state index contributed by atoms with van der Waals surface area (Å²) in [5.74, 6) is -0.865. The zero-order valence-corrected chi connectivity index (χ0v) is 18.6. The van der Waals surface area contributed by atoms with E-state index in [2.05, 4.69) is 9.71 Å². The normalized spacial score (nSPS) is 14.0. The highest BCUT2D eigenvalue weighted by Crippen LogP contribution is 2.31. The van der Waals surface area contributed by atoms with Gasteiger partial charge in [-0.3, -0.25) is 9.20 Å². The maximum atomic E-state index is 12.6. The summed E-state index contributed by atoms with van der Waals surface area (Å²) in [4.78, 5) is 28.9. The van der Waals surface area contributed by atoms with Gasteiger partial charge in [-0.15, -0.1) is 0 Å². The SMILES string of the molecule is Cc1ccn2c(=O)cc(COC(=O)c3cc(S(=O)(=O)NC4CC4)c(Cl)cc3Cl)nc2c1. The van der Waals surface area contributed by atoms with E-state index in [1.54, 1.807) is 18.3 Å². The number of pyridine rings is 1. The van der Waals surface area contributed by atoms with E-state index in [4.69, 9.17) is 27.9 Å². The summed E-state index contributed by atoms with van der Waals surface area (Å²) >= 11 is 12.1. The first-order chi connectivity index (χ1) is 14.6. The number of hydrogen-bond acceptors (Lipinski definition) is 6. The molecule has 0 aliphatic heterocycles. The summed E-state index contributed by atoms with van der Waals surface area (Å²) in [6.45, 7) is 1.57. The first-order valence-corrected chi connectivity index (χ1v) is 11.6. The molecule has 1 saturated carbocycles. The van der Waals surface area contributed by atoms with Crippen molar-refractivity contribution in [1.82, 2.24) is 14.1 Å². The second-order valence-corrected chi connectivity index (χ2v) is 9.75. The molecular formula is C20H17Cl2N3O5S. The highest BCUT2D eigenvalue weighted by atomic mass is 35.5. The molecule has 1 aliphatic rings. The number of fused-ring (bicyclic) bond motifs is 1. The molecule has 31 heavy (non-hydrogen) atoms. The van der Waals surface area contributed by atoms with E-state index in [1.165, 1.54) is 16.5 Å². The topological polar surface area (TPSA) is 107 Å². The fourth-order valence-corrected chi connectivity index (χ4v) is 5.08. The summed E-state index contributed by atoms with van der Waals surface area (Å²) < 4.78 is 34.2. The Morgan fingerprint density at radius 2 is 1.97 bits per heavy atom. The van der Waals surface area contributed by atoms with Gasteiger partial charge in [-0.1, -0.05) is 23.2 Å². The van der Waals surface area contributed by atoms with Crippen LogP contribution in [0.4, 0.5) is 0 Å². The molecule has 1 N–H and O–H groups in total. The van der Waals surface area contributed by atoms with Crippen molar-refractivity contribution in [2.45, 2.75) is 37.3 Å². The zero-order chi connectivity index (χ0) is 22.3. The fourth-order valence-electron chi connectivity index (χ4n) is 2.92. The summed E-state index contributed by atoms with van der Waals surface area (Å²) in [6, 6.07) is 6.91. The number of carbonyl (C=O) groups excluding carboxylic acids is 1. The maximum absolute atomic E-state index is 12.6. The Morgan fingerprint density at radius 3 is 2.68 bits per heavy atom. The lowest BCUT2D eigenvalue weighted by molar-refractivity contribution is 0.0467. The molecule has 11 heteroatoms. The van der Waals surface area contributed by atoms with E-state index in [-0.39, 0.29) is 44.4 Å². The van der Waals surface area contributed by atoms with Crippen LogP contribution >= 0.6 is 23.2 Å². The van der Waals surface area contributed by atoms with E-state index in [0.717, 1.165) is 24.5 Å². The van der Waals surface area contributed by atoms with E-state index in [0.29, 0.717) is 5.65 Å². The second kappa shape index (κ2) is 8.23. The van der Waals surface area contributed by atoms with Crippen molar-refractivity contribution in [3.8, 4) is 0 Å². The monoisotopic (exact) mass is 481 g/mol. The standard InChI is InChI=1S/C20H17Cl2N3O5S/c1-11-4-5-25-18(6-11)23-13(7-19(25)26)10-30-20(27)14-8-17(16(22)9-15(14)21)31(28,29)24-12-2-3-12/h4-9,12,24H,2-3,10H2,1H3. The predicted molar refractivity (Wildman–Crippen MR) is 115 cm³/mol. The molecule has 0 saturated heterocycles. The number of ether oxygens (including phenoxy) is 1. The number of aryl methyl sites for hydroxylation is 1. The molecule has 2 heterocycles. The number of hydrogen-bond donors (Lipinski definition) is 1. The third-order valence-electron chi connectivity index (χ3n) is 4.66. The summed E-state index contributed by atoms with van der Waals surface area (Å²) in [7, 11) is -3.91. The number of halogens is 2. The first-order valence-electron chi connectivity index (χ1n) is 9.31. The van der Waals surface area contributed by atoms with Crippen LogP contribution in [-0.4, -0.2) is 29.8 Å². The smallest absolute Gasteiger partial charge is 0.340 e. The minimum absolute atomic E-state index is 0.0532. The van der Waals surface area contributed by atoms with Crippen LogP contribution in [0.5, 0.6) is 0 Å². The molecule has 0 bridgehead atoms. The second-order valence-electron chi connectivity index (χ2n) is 7.25. The molecule has 0 atom stereocenters. The molecule has 1 aromatic carbocycles. The Labute approximate surface area is 187 Å². The summed E-state index contributed by atoms with van der Waals surface area (Å²) in [6.07, 6.45) is 3.11. The quantitative estimate of drug-likeness (QED) is 0.542. The van der Waals surface area contributed by atoms with Crippen LogP contribution in [0.3, 0.4) is 0 Å². The molecule has 0 radical (unpaired) electrons. The molecule has 0 unspecified atom stereocenters. The number of rotatable bonds is 6. The molecule has 0 amide bonds. The lowest BCUT2D eigenvalue weighted by Gasteiger charge is -2.11. The number of sulfonamides is 1. The number of carbonyl (C=O) groups is 1. The van der Waals surface area contributed by atoms with Gasteiger partial charge in [0.1, 0.15) is 17.1 Å². The molecular weight excluding hydrogens is 465 g/mol. The van der Waals surface area contributed by atoms with Gasteiger partial charge >= 0.3 is 5.97 Å². The number of benzene rings is 1. The Bertz CT molecular complexity index is 1370. The van der Waals surface area contributed by atoms with Crippen LogP contribution < -0.4 is 10.3 Å². The number of nitrogens with zero attached hydrogens (tertiary/aromatic N) is 2. The Hall–Kier alpha value is -2.46. The van der Waals surface area contributed by atoms with Gasteiger partial charge in [0.25, 0.3) is 5.56 Å². The van der Waals surface area contributed by atoms with Crippen molar-refractivity contribution in [3.05, 3.63) is 73.7 Å². The molecule has 0 spiro atoms. The molecule has 4 rings (SSSR count). The van der Waals surface area contributed by atoms with Crippen molar-refractivity contribution in [2.24, 2.45) is 0 Å². The first kappa shape index (κ1) is 21.8. The molecule has 1 aliphatic carbocycles. The number of nitrogens with one attached hydrogen (secondary N) is 1. The molecule has 1 fully saturated rings. The van der Waals surface area contributed by atoms with Crippen LogP contribution in [0, 0.1) is 6.92 Å². The minimum atomic E-state index is -3.91. The van der Waals surface area contributed by atoms with Gasteiger partial charge in [0.15, 0.2) is 0 Å². The van der Waals surface area contributed by atoms with Crippen LogP contribution in [0.1, 0.15) is 34.5 Å². The van der Waals surface area contributed by atoms with Crippen molar-refractivity contribution >= 4 is 44.8 Å². The van der Waals surface area contributed by atoms with E-state index < -0.39 is 16.0 Å². The van der Waals surface area contributed by atoms with Gasteiger partial charge in [-0.05, 0) is 49.6 Å². The van der Waals surface area contributed by atoms with Gasteiger partial charge in [0.2, 0.25) is 10.0 Å². The van der Waals surface area contributed by atoms with Crippen molar-refractivity contribution in [2.75, 3.05) is 0 Å². The zero-order valence-electron chi connectivity index (χ0n) is 16.3. The van der Waals surface area contributed by atoms with Gasteiger partial charge < -0.3 is 4.74 Å². The predicted octanol–water partition coefficient (Wildman–Crippen LogP) is 3.11. The van der Waals surface area contributed by atoms with Gasteiger partial charge in [0, 0.05) is 18.3 Å². The number of aromatic nitrogens is 2. The van der Waals surface area contributed by atoms with E-state index in [9.17, 15) is 18.0 Å². The van der Waals surface area contributed by atoms with Gasteiger partial charge in [-0.2, -0.15) is 0 Å². The van der Waals surface area contributed by atoms with Crippen LogP contribution in [0.2, 0.25) is 10.0 Å². The lowest BCUT2D eigenvalue weighted by atomic mass is 10.2. The average Bonchev–Trinajstić information content (AvgIpc) is 3.48. The summed E-state index contributed by atoms with van der Waals surface area (Å²) in [5.41, 5.74) is 1.11. The van der Waals surface area contributed by atoms with Crippen LogP contribution in [-0.2, 0) is 21.4 Å². The Morgan fingerprint density at radius 1 is 1.23 bits per heavy atom.